The van der Waals surface area contributed by atoms with Crippen LogP contribution in [0.4, 0.5) is 15.2 Å². The second-order valence-electron chi connectivity index (χ2n) is 4.24. The van der Waals surface area contributed by atoms with Gasteiger partial charge in [0.25, 0.3) is 0 Å². The maximum atomic E-state index is 13.5. The van der Waals surface area contributed by atoms with Crippen molar-refractivity contribution in [1.82, 2.24) is 4.98 Å². The Labute approximate surface area is 132 Å². The summed E-state index contributed by atoms with van der Waals surface area (Å²) in [7, 11) is 0. The maximum absolute atomic E-state index is 13.5. The average Bonchev–Trinajstić information content (AvgIpc) is 2.75. The summed E-state index contributed by atoms with van der Waals surface area (Å²) < 4.78 is 18.4. The molecule has 1 aromatic heterocycles. The normalized spacial score (nSPS) is 9.90. The first-order valence-electron chi connectivity index (χ1n) is 6.19. The molecule has 0 aliphatic heterocycles. The van der Waals surface area contributed by atoms with Crippen molar-refractivity contribution < 1.29 is 13.9 Å². The largest absolute Gasteiger partial charge is 0.462 e. The number of rotatable bonds is 4. The number of ether oxygens (including phenoxy) is 1. The fourth-order valence-electron chi connectivity index (χ4n) is 1.63. The van der Waals surface area contributed by atoms with Gasteiger partial charge in [-0.15, -0.1) is 12.4 Å². The zero-order chi connectivity index (χ0) is 14.7. The maximum Gasteiger partial charge on any atom is 0.350 e. The van der Waals surface area contributed by atoms with Crippen molar-refractivity contribution in [1.29, 1.82) is 0 Å². The first kappa shape index (κ1) is 17.4. The van der Waals surface area contributed by atoms with E-state index in [9.17, 15) is 9.18 Å². The number of nitrogens with one attached hydrogen (secondary N) is 1. The summed E-state index contributed by atoms with van der Waals surface area (Å²) in [6.07, 6.45) is 0. The Morgan fingerprint density at radius 1 is 1.43 bits per heavy atom. The van der Waals surface area contributed by atoms with E-state index >= 15 is 0 Å². The second kappa shape index (κ2) is 7.38. The molecule has 0 aliphatic carbocycles. The van der Waals surface area contributed by atoms with E-state index in [0.29, 0.717) is 33.6 Å². The summed E-state index contributed by atoms with van der Waals surface area (Å²) in [5.41, 5.74) is 1.78. The standard InChI is InChI=1S/C14H15FN2O2S.ClH/c1-4-19-13(18)12-9(3)16-14(20-12)17-10-6-5-8(2)11(15)7-10;/h5-7H,4H2,1-3H3,(H,16,17);1H. The first-order chi connectivity index (χ1) is 9.51. The summed E-state index contributed by atoms with van der Waals surface area (Å²) in [5, 5.41) is 3.53. The predicted molar refractivity (Wildman–Crippen MR) is 84.5 cm³/mol. The number of carbonyl (C=O) groups is 1. The Morgan fingerprint density at radius 3 is 2.76 bits per heavy atom. The van der Waals surface area contributed by atoms with Crippen molar-refractivity contribution in [2.45, 2.75) is 20.8 Å². The van der Waals surface area contributed by atoms with Crippen LogP contribution in [-0.2, 0) is 4.74 Å². The van der Waals surface area contributed by atoms with Gasteiger partial charge in [0.15, 0.2) is 5.13 Å². The van der Waals surface area contributed by atoms with Gasteiger partial charge < -0.3 is 10.1 Å². The highest BCUT2D eigenvalue weighted by molar-refractivity contribution is 7.17. The van der Waals surface area contributed by atoms with E-state index < -0.39 is 0 Å². The molecule has 1 aromatic carbocycles. The Hall–Kier alpha value is -1.66. The number of halogens is 2. The van der Waals surface area contributed by atoms with Gasteiger partial charge in [0.2, 0.25) is 0 Å². The summed E-state index contributed by atoms with van der Waals surface area (Å²) in [4.78, 5) is 16.4. The molecular weight excluding hydrogens is 315 g/mol. The SMILES string of the molecule is CCOC(=O)c1sc(Nc2ccc(C)c(F)c2)nc1C.Cl. The molecule has 1 heterocycles. The number of nitrogens with zero attached hydrogens (tertiary/aromatic N) is 1. The quantitative estimate of drug-likeness (QED) is 0.852. The van der Waals surface area contributed by atoms with Gasteiger partial charge in [0, 0.05) is 5.69 Å². The molecule has 0 saturated carbocycles. The number of carbonyl (C=O) groups excluding carboxylic acids is 1. The summed E-state index contributed by atoms with van der Waals surface area (Å²) in [5.74, 6) is -0.667. The number of benzene rings is 1. The lowest BCUT2D eigenvalue weighted by Gasteiger charge is -2.03. The van der Waals surface area contributed by atoms with Gasteiger partial charge in [-0.2, -0.15) is 0 Å². The lowest BCUT2D eigenvalue weighted by Crippen LogP contribution is -2.03. The molecule has 0 spiro atoms. The van der Waals surface area contributed by atoms with Crippen molar-refractivity contribution in [2.24, 2.45) is 0 Å². The van der Waals surface area contributed by atoms with E-state index in [0.717, 1.165) is 0 Å². The lowest BCUT2D eigenvalue weighted by molar-refractivity contribution is 0.0531. The number of hydrogen-bond donors (Lipinski definition) is 1. The lowest BCUT2D eigenvalue weighted by atomic mass is 10.2. The minimum atomic E-state index is -0.384. The number of thiazole rings is 1. The molecule has 7 heteroatoms. The third kappa shape index (κ3) is 4.15. The molecule has 21 heavy (non-hydrogen) atoms. The zero-order valence-corrected chi connectivity index (χ0v) is 13.5. The van der Waals surface area contributed by atoms with Crippen molar-refractivity contribution in [3.63, 3.8) is 0 Å². The van der Waals surface area contributed by atoms with E-state index in [4.69, 9.17) is 4.74 Å². The zero-order valence-electron chi connectivity index (χ0n) is 11.9. The summed E-state index contributed by atoms with van der Waals surface area (Å²) >= 11 is 1.19. The number of anilines is 2. The average molecular weight is 331 g/mol. The molecule has 0 radical (unpaired) electrons. The Balaban J connectivity index is 0.00000220. The summed E-state index contributed by atoms with van der Waals surface area (Å²) in [6, 6.07) is 4.85. The van der Waals surface area contributed by atoms with E-state index in [1.165, 1.54) is 17.4 Å². The van der Waals surface area contributed by atoms with Gasteiger partial charge in [-0.25, -0.2) is 14.2 Å². The molecule has 0 aliphatic rings. The molecule has 0 unspecified atom stereocenters. The van der Waals surface area contributed by atoms with Crippen LogP contribution in [0.25, 0.3) is 0 Å². The fraction of sp³-hybridized carbons (Fsp3) is 0.286. The molecule has 0 amide bonds. The van der Waals surface area contributed by atoms with Crippen molar-refractivity contribution in [2.75, 3.05) is 11.9 Å². The van der Waals surface area contributed by atoms with Crippen molar-refractivity contribution >= 4 is 40.5 Å². The van der Waals surface area contributed by atoms with E-state index in [1.807, 2.05) is 0 Å². The van der Waals surface area contributed by atoms with Crippen LogP contribution in [0.2, 0.25) is 0 Å². The number of hydrogen-bond acceptors (Lipinski definition) is 5. The molecule has 4 nitrogen and oxygen atoms in total. The van der Waals surface area contributed by atoms with E-state index in [1.54, 1.807) is 32.9 Å². The van der Waals surface area contributed by atoms with Crippen LogP contribution >= 0.6 is 23.7 Å². The third-order valence-electron chi connectivity index (χ3n) is 2.68. The van der Waals surface area contributed by atoms with Crippen molar-refractivity contribution in [3.8, 4) is 0 Å². The molecule has 0 fully saturated rings. The summed E-state index contributed by atoms with van der Waals surface area (Å²) in [6.45, 7) is 5.51. The van der Waals surface area contributed by atoms with Gasteiger partial charge in [-0.1, -0.05) is 17.4 Å². The van der Waals surface area contributed by atoms with Crippen LogP contribution in [0.3, 0.4) is 0 Å². The van der Waals surface area contributed by atoms with E-state index in [2.05, 4.69) is 10.3 Å². The van der Waals surface area contributed by atoms with Gasteiger partial charge in [-0.05, 0) is 38.5 Å². The topological polar surface area (TPSA) is 51.2 Å². The molecular formula is C14H16ClFN2O2S. The Morgan fingerprint density at radius 2 is 2.14 bits per heavy atom. The van der Waals surface area contributed by atoms with Crippen LogP contribution in [0.15, 0.2) is 18.2 Å². The number of esters is 1. The van der Waals surface area contributed by atoms with Crippen LogP contribution in [0.5, 0.6) is 0 Å². The van der Waals surface area contributed by atoms with E-state index in [-0.39, 0.29) is 24.2 Å². The number of aromatic nitrogens is 1. The van der Waals surface area contributed by atoms with Crippen LogP contribution in [0, 0.1) is 19.7 Å². The highest BCUT2D eigenvalue weighted by Crippen LogP contribution is 2.27. The third-order valence-corrected chi connectivity index (χ3v) is 3.73. The molecule has 114 valence electrons. The van der Waals surface area contributed by atoms with Crippen LogP contribution in [0.1, 0.15) is 27.9 Å². The molecule has 2 rings (SSSR count). The van der Waals surface area contributed by atoms with Gasteiger partial charge in [-0.3, -0.25) is 0 Å². The number of aryl methyl sites for hydroxylation is 2. The molecule has 1 N–H and O–H groups in total. The highest BCUT2D eigenvalue weighted by atomic mass is 35.5. The highest BCUT2D eigenvalue weighted by Gasteiger charge is 2.16. The van der Waals surface area contributed by atoms with Gasteiger partial charge in [0.1, 0.15) is 10.7 Å². The molecule has 0 bridgehead atoms. The van der Waals surface area contributed by atoms with Crippen LogP contribution < -0.4 is 5.32 Å². The van der Waals surface area contributed by atoms with Gasteiger partial charge in [0.05, 0.1) is 12.3 Å². The molecule has 0 atom stereocenters. The molecule has 2 aromatic rings. The van der Waals surface area contributed by atoms with Gasteiger partial charge >= 0.3 is 5.97 Å². The molecule has 0 saturated heterocycles. The Bertz CT molecular complexity index is 646. The first-order valence-corrected chi connectivity index (χ1v) is 7.00. The van der Waals surface area contributed by atoms with Crippen LogP contribution in [-0.4, -0.2) is 17.6 Å². The minimum Gasteiger partial charge on any atom is -0.462 e. The minimum absolute atomic E-state index is 0. The predicted octanol–water partition coefficient (Wildman–Crippen LogP) is 4.24. The van der Waals surface area contributed by atoms with Crippen molar-refractivity contribution in [3.05, 3.63) is 40.2 Å². The second-order valence-corrected chi connectivity index (χ2v) is 5.24. The fourth-order valence-corrected chi connectivity index (χ4v) is 2.51. The Kier molecular flexibility index (Phi) is 6.11. The smallest absolute Gasteiger partial charge is 0.350 e. The monoisotopic (exact) mass is 330 g/mol.